The van der Waals surface area contributed by atoms with E-state index >= 15 is 0 Å². The normalized spacial score (nSPS) is 17.0. The number of alkyl halides is 1. The van der Waals surface area contributed by atoms with Crippen LogP contribution in [0.4, 0.5) is 10.2 Å². The highest BCUT2D eigenvalue weighted by molar-refractivity contribution is 5.88. The molecule has 1 aliphatic rings. The molecule has 7 heteroatoms. The van der Waals surface area contributed by atoms with Crippen LogP contribution in [0.5, 0.6) is 0 Å². The van der Waals surface area contributed by atoms with Crippen LogP contribution in [0.3, 0.4) is 0 Å². The summed E-state index contributed by atoms with van der Waals surface area (Å²) in [6.45, 7) is 5.26. The van der Waals surface area contributed by atoms with E-state index in [2.05, 4.69) is 43.5 Å². The van der Waals surface area contributed by atoms with Gasteiger partial charge >= 0.3 is 0 Å². The first-order valence-electron chi connectivity index (χ1n) is 10.8. The topological polar surface area (TPSA) is 74.8 Å². The Morgan fingerprint density at radius 3 is 2.90 bits per heavy atom. The third-order valence-electron chi connectivity index (χ3n) is 5.64. The summed E-state index contributed by atoms with van der Waals surface area (Å²) in [5.74, 6) is 0.747. The number of hydrogen-bond acceptors (Lipinski definition) is 6. The van der Waals surface area contributed by atoms with Crippen LogP contribution in [0.1, 0.15) is 25.7 Å². The zero-order chi connectivity index (χ0) is 21.5. The van der Waals surface area contributed by atoms with E-state index < -0.39 is 0 Å². The molecular weight excluding hydrogens is 391 g/mol. The Balaban J connectivity index is 1.44. The SMILES string of the molecule is C=C(CC(CC1CCCN1)NCCF)Nc1cc2cc(-c3cnccn3)ccc2cn1. The largest absolute Gasteiger partial charge is 0.344 e. The average Bonchev–Trinajstić information content (AvgIpc) is 3.30. The second-order valence-electron chi connectivity index (χ2n) is 8.02. The lowest BCUT2D eigenvalue weighted by atomic mass is 10.0. The maximum absolute atomic E-state index is 12.7. The molecule has 1 saturated heterocycles. The third-order valence-corrected chi connectivity index (χ3v) is 5.64. The first-order valence-corrected chi connectivity index (χ1v) is 10.8. The number of aromatic nitrogens is 3. The van der Waals surface area contributed by atoms with Gasteiger partial charge in [-0.3, -0.25) is 9.97 Å². The Labute approximate surface area is 182 Å². The van der Waals surface area contributed by atoms with Crippen molar-refractivity contribution in [2.24, 2.45) is 0 Å². The molecule has 1 aromatic carbocycles. The molecule has 3 aromatic rings. The second kappa shape index (κ2) is 10.4. The van der Waals surface area contributed by atoms with E-state index in [4.69, 9.17) is 0 Å². The molecule has 3 heterocycles. The number of rotatable bonds is 10. The van der Waals surface area contributed by atoms with Gasteiger partial charge in [-0.2, -0.15) is 0 Å². The minimum absolute atomic E-state index is 0.176. The summed E-state index contributed by atoms with van der Waals surface area (Å²) in [5.41, 5.74) is 2.71. The fourth-order valence-electron chi connectivity index (χ4n) is 4.15. The molecule has 0 bridgehead atoms. The van der Waals surface area contributed by atoms with Gasteiger partial charge in [0.1, 0.15) is 12.5 Å². The molecule has 0 spiro atoms. The summed E-state index contributed by atoms with van der Waals surface area (Å²) < 4.78 is 12.7. The molecule has 31 heavy (non-hydrogen) atoms. The van der Waals surface area contributed by atoms with Crippen LogP contribution < -0.4 is 16.0 Å². The van der Waals surface area contributed by atoms with E-state index in [9.17, 15) is 4.39 Å². The first kappa shape index (κ1) is 21.3. The molecule has 2 atom stereocenters. The summed E-state index contributed by atoms with van der Waals surface area (Å²) >= 11 is 0. The van der Waals surface area contributed by atoms with Gasteiger partial charge in [0.15, 0.2) is 0 Å². The maximum atomic E-state index is 12.7. The van der Waals surface area contributed by atoms with Crippen molar-refractivity contribution in [3.05, 3.63) is 61.3 Å². The molecule has 1 fully saturated rings. The molecule has 6 nitrogen and oxygen atoms in total. The number of benzene rings is 1. The number of pyridine rings is 1. The molecule has 2 aromatic heterocycles. The van der Waals surface area contributed by atoms with Gasteiger partial charge in [-0.05, 0) is 43.3 Å². The summed E-state index contributed by atoms with van der Waals surface area (Å²) in [6, 6.07) is 8.84. The van der Waals surface area contributed by atoms with Gasteiger partial charge in [0.25, 0.3) is 0 Å². The summed E-state index contributed by atoms with van der Waals surface area (Å²) in [7, 11) is 0. The van der Waals surface area contributed by atoms with Crippen LogP contribution in [-0.4, -0.2) is 46.8 Å². The zero-order valence-electron chi connectivity index (χ0n) is 17.6. The zero-order valence-corrected chi connectivity index (χ0v) is 17.6. The van der Waals surface area contributed by atoms with E-state index in [1.807, 2.05) is 24.4 Å². The minimum atomic E-state index is -0.366. The molecule has 4 rings (SSSR count). The van der Waals surface area contributed by atoms with Crippen molar-refractivity contribution in [2.75, 3.05) is 25.1 Å². The van der Waals surface area contributed by atoms with Gasteiger partial charge in [-0.1, -0.05) is 18.7 Å². The van der Waals surface area contributed by atoms with Crippen molar-refractivity contribution in [2.45, 2.75) is 37.8 Å². The fourth-order valence-corrected chi connectivity index (χ4v) is 4.15. The highest BCUT2D eigenvalue weighted by Crippen LogP contribution is 2.24. The minimum Gasteiger partial charge on any atom is -0.344 e. The van der Waals surface area contributed by atoms with E-state index in [1.165, 1.54) is 12.8 Å². The molecule has 0 amide bonds. The lowest BCUT2D eigenvalue weighted by molar-refractivity contribution is 0.385. The van der Waals surface area contributed by atoms with Crippen molar-refractivity contribution in [1.29, 1.82) is 0 Å². The lowest BCUT2D eigenvalue weighted by Gasteiger charge is -2.23. The smallest absolute Gasteiger partial charge is 0.130 e. The highest BCUT2D eigenvalue weighted by atomic mass is 19.1. The molecule has 0 saturated carbocycles. The van der Waals surface area contributed by atoms with Crippen LogP contribution in [0.2, 0.25) is 0 Å². The first-order chi connectivity index (χ1) is 15.2. The van der Waals surface area contributed by atoms with Gasteiger partial charge in [0, 0.05) is 60.3 Å². The molecule has 0 radical (unpaired) electrons. The van der Waals surface area contributed by atoms with Crippen molar-refractivity contribution >= 4 is 16.6 Å². The summed E-state index contributed by atoms with van der Waals surface area (Å²) in [5, 5.41) is 12.3. The van der Waals surface area contributed by atoms with E-state index in [1.54, 1.807) is 18.6 Å². The number of nitrogens with zero attached hydrogens (tertiary/aromatic N) is 3. The summed E-state index contributed by atoms with van der Waals surface area (Å²) in [6.07, 6.45) is 11.0. The van der Waals surface area contributed by atoms with Gasteiger partial charge in [0.2, 0.25) is 0 Å². The van der Waals surface area contributed by atoms with Gasteiger partial charge < -0.3 is 16.0 Å². The number of anilines is 1. The van der Waals surface area contributed by atoms with Crippen LogP contribution in [0, 0.1) is 0 Å². The third kappa shape index (κ3) is 5.83. The van der Waals surface area contributed by atoms with Crippen molar-refractivity contribution in [1.82, 2.24) is 25.6 Å². The van der Waals surface area contributed by atoms with Gasteiger partial charge in [-0.15, -0.1) is 0 Å². The van der Waals surface area contributed by atoms with Crippen molar-refractivity contribution < 1.29 is 4.39 Å². The van der Waals surface area contributed by atoms with Crippen molar-refractivity contribution in [3.8, 4) is 11.3 Å². The Hall–Kier alpha value is -2.90. The van der Waals surface area contributed by atoms with Crippen LogP contribution >= 0.6 is 0 Å². The average molecular weight is 421 g/mol. The van der Waals surface area contributed by atoms with Crippen LogP contribution in [0.15, 0.2) is 61.3 Å². The molecule has 162 valence electrons. The summed E-state index contributed by atoms with van der Waals surface area (Å²) in [4.78, 5) is 13.1. The number of halogens is 1. The molecule has 3 N–H and O–H groups in total. The standard InChI is InChI=1S/C24H29FN6/c1-17(11-22(28-8-6-25)14-21-3-2-7-27-21)31-24-13-20-12-18(4-5-19(20)15-30-24)23-16-26-9-10-29-23/h4-5,9-10,12-13,15-16,21-22,27-28H,1-3,6-8,11,14H2,(H,30,31). The van der Waals surface area contributed by atoms with Crippen molar-refractivity contribution in [3.63, 3.8) is 0 Å². The van der Waals surface area contributed by atoms with Gasteiger partial charge in [-0.25, -0.2) is 9.37 Å². The quantitative estimate of drug-likeness (QED) is 0.459. The predicted molar refractivity (Wildman–Crippen MR) is 124 cm³/mol. The number of fused-ring (bicyclic) bond motifs is 1. The number of hydrogen-bond donors (Lipinski definition) is 3. The fraction of sp³-hybridized carbons (Fsp3) is 0.375. The van der Waals surface area contributed by atoms with Gasteiger partial charge in [0.05, 0.1) is 11.9 Å². The molecule has 2 unspecified atom stereocenters. The maximum Gasteiger partial charge on any atom is 0.130 e. The monoisotopic (exact) mass is 420 g/mol. The Kier molecular flexibility index (Phi) is 7.17. The van der Waals surface area contributed by atoms with E-state index in [0.717, 1.165) is 52.9 Å². The molecular formula is C24H29FN6. The number of nitrogens with one attached hydrogen (secondary N) is 3. The van der Waals surface area contributed by atoms with Crippen LogP contribution in [0.25, 0.3) is 22.0 Å². The predicted octanol–water partition coefficient (Wildman–Crippen LogP) is 4.08. The molecule has 0 aliphatic carbocycles. The molecule has 1 aliphatic heterocycles. The van der Waals surface area contributed by atoms with E-state index in [0.29, 0.717) is 12.6 Å². The lowest BCUT2D eigenvalue weighted by Crippen LogP contribution is -2.37. The second-order valence-corrected chi connectivity index (χ2v) is 8.02. The Bertz CT molecular complexity index is 1000. The van der Waals surface area contributed by atoms with Crippen LogP contribution in [-0.2, 0) is 0 Å². The highest BCUT2D eigenvalue weighted by Gasteiger charge is 2.20. The Morgan fingerprint density at radius 1 is 1.19 bits per heavy atom. The Morgan fingerprint density at radius 2 is 2.13 bits per heavy atom. The van der Waals surface area contributed by atoms with E-state index in [-0.39, 0.29) is 12.7 Å².